The van der Waals surface area contributed by atoms with Crippen LogP contribution in [0.15, 0.2) is 29.4 Å². The van der Waals surface area contributed by atoms with Gasteiger partial charge in [-0.2, -0.15) is 0 Å². The number of aliphatic carboxylic acids is 1. The van der Waals surface area contributed by atoms with Crippen LogP contribution in [-0.4, -0.2) is 28.8 Å². The van der Waals surface area contributed by atoms with Crippen LogP contribution in [0.3, 0.4) is 0 Å². The molecule has 1 aromatic carbocycles. The van der Waals surface area contributed by atoms with E-state index in [1.54, 1.807) is 0 Å². The highest BCUT2D eigenvalue weighted by Crippen LogP contribution is 2.12. The number of rotatable bonds is 5. The number of carbonyl (C=O) groups excluding carboxylic acids is 1. The maximum atomic E-state index is 11.9. The minimum absolute atomic E-state index is 0.00338. The van der Waals surface area contributed by atoms with E-state index in [0.717, 1.165) is 12.0 Å². The van der Waals surface area contributed by atoms with Gasteiger partial charge in [0, 0.05) is 13.0 Å². The Balaban J connectivity index is 1.89. The third-order valence-electron chi connectivity index (χ3n) is 3.16. The van der Waals surface area contributed by atoms with E-state index >= 15 is 0 Å². The molecule has 1 unspecified atom stereocenters. The lowest BCUT2D eigenvalue weighted by molar-refractivity contribution is -0.131. The second kappa shape index (κ2) is 6.18. The predicted octanol–water partition coefficient (Wildman–Crippen LogP) is 1.09. The van der Waals surface area contributed by atoms with Gasteiger partial charge < -0.3 is 15.3 Å². The molecule has 6 nitrogen and oxygen atoms in total. The van der Waals surface area contributed by atoms with Crippen LogP contribution in [0.2, 0.25) is 0 Å². The molecule has 0 aliphatic carbocycles. The van der Waals surface area contributed by atoms with Crippen LogP contribution in [0.25, 0.3) is 0 Å². The second-order valence-electron chi connectivity index (χ2n) is 4.48. The summed E-state index contributed by atoms with van der Waals surface area (Å²) in [6, 6.07) is 7.84. The van der Waals surface area contributed by atoms with Crippen molar-refractivity contribution in [2.75, 3.05) is 0 Å². The molecule has 1 aliphatic heterocycles. The number of hydrogen-bond acceptors (Lipinski definition) is 4. The Morgan fingerprint density at radius 2 is 2.10 bits per heavy atom. The highest BCUT2D eigenvalue weighted by atomic mass is 16.6. The molecule has 0 aromatic heterocycles. The monoisotopic (exact) mass is 276 g/mol. The third kappa shape index (κ3) is 3.14. The minimum atomic E-state index is -1.16. The van der Waals surface area contributed by atoms with Crippen LogP contribution in [-0.2, 0) is 27.4 Å². The van der Waals surface area contributed by atoms with Gasteiger partial charge in [0.1, 0.15) is 0 Å². The van der Waals surface area contributed by atoms with Gasteiger partial charge in [-0.05, 0) is 17.5 Å². The number of nitrogens with one attached hydrogen (secondary N) is 1. The van der Waals surface area contributed by atoms with Gasteiger partial charge in [-0.3, -0.25) is 4.79 Å². The molecule has 1 amide bonds. The molecule has 0 radical (unpaired) electrons. The van der Waals surface area contributed by atoms with Gasteiger partial charge in [-0.25, -0.2) is 4.79 Å². The predicted molar refractivity (Wildman–Crippen MR) is 72.2 cm³/mol. The molecule has 6 heteroatoms. The summed E-state index contributed by atoms with van der Waals surface area (Å²) < 4.78 is 0. The van der Waals surface area contributed by atoms with Gasteiger partial charge in [-0.1, -0.05) is 36.3 Å². The van der Waals surface area contributed by atoms with Crippen molar-refractivity contribution < 1.29 is 19.5 Å². The van der Waals surface area contributed by atoms with E-state index in [0.29, 0.717) is 6.54 Å². The van der Waals surface area contributed by atoms with Crippen molar-refractivity contribution in [3.05, 3.63) is 35.4 Å². The largest absolute Gasteiger partial charge is 0.477 e. The zero-order valence-corrected chi connectivity index (χ0v) is 11.1. The average Bonchev–Trinajstić information content (AvgIpc) is 2.95. The van der Waals surface area contributed by atoms with Gasteiger partial charge in [0.05, 0.1) is 0 Å². The number of nitrogens with zero attached hydrogens (tertiary/aromatic N) is 1. The summed E-state index contributed by atoms with van der Waals surface area (Å²) in [6.45, 7) is 2.44. The summed E-state index contributed by atoms with van der Waals surface area (Å²) in [4.78, 5) is 27.4. The molecule has 0 saturated carbocycles. The lowest BCUT2D eigenvalue weighted by atomic mass is 10.1. The summed E-state index contributed by atoms with van der Waals surface area (Å²) >= 11 is 0. The average molecular weight is 276 g/mol. The lowest BCUT2D eigenvalue weighted by Gasteiger charge is -2.11. The van der Waals surface area contributed by atoms with E-state index in [2.05, 4.69) is 10.5 Å². The molecule has 1 aromatic rings. The van der Waals surface area contributed by atoms with Crippen LogP contribution in [0.4, 0.5) is 0 Å². The molecule has 20 heavy (non-hydrogen) atoms. The molecule has 1 aliphatic rings. The number of aryl methyl sites for hydroxylation is 1. The van der Waals surface area contributed by atoms with Crippen LogP contribution in [0.5, 0.6) is 0 Å². The Morgan fingerprint density at radius 3 is 2.70 bits per heavy atom. The smallest absolute Gasteiger partial charge is 0.353 e. The first kappa shape index (κ1) is 14.0. The van der Waals surface area contributed by atoms with Crippen LogP contribution in [0, 0.1) is 0 Å². The molecule has 1 heterocycles. The number of carbonyl (C=O) groups is 2. The van der Waals surface area contributed by atoms with Gasteiger partial charge in [0.25, 0.3) is 5.91 Å². The molecule has 0 spiro atoms. The van der Waals surface area contributed by atoms with Crippen LogP contribution >= 0.6 is 0 Å². The van der Waals surface area contributed by atoms with E-state index in [4.69, 9.17) is 9.94 Å². The quantitative estimate of drug-likeness (QED) is 0.842. The Bertz CT molecular complexity index is 554. The summed E-state index contributed by atoms with van der Waals surface area (Å²) in [5.74, 6) is -1.51. The van der Waals surface area contributed by atoms with E-state index in [1.165, 1.54) is 5.56 Å². The van der Waals surface area contributed by atoms with Crippen molar-refractivity contribution in [1.29, 1.82) is 0 Å². The summed E-state index contributed by atoms with van der Waals surface area (Å²) in [7, 11) is 0. The Labute approximate surface area is 116 Å². The van der Waals surface area contributed by atoms with E-state index < -0.39 is 12.1 Å². The van der Waals surface area contributed by atoms with Crippen molar-refractivity contribution in [1.82, 2.24) is 5.32 Å². The highest BCUT2D eigenvalue weighted by Gasteiger charge is 2.31. The van der Waals surface area contributed by atoms with Crippen molar-refractivity contribution >= 4 is 17.6 Å². The van der Waals surface area contributed by atoms with E-state index in [9.17, 15) is 9.59 Å². The van der Waals surface area contributed by atoms with Crippen molar-refractivity contribution in [3.8, 4) is 0 Å². The van der Waals surface area contributed by atoms with Gasteiger partial charge in [0.2, 0.25) is 6.10 Å². The fourth-order valence-corrected chi connectivity index (χ4v) is 2.02. The van der Waals surface area contributed by atoms with E-state index in [-0.39, 0.29) is 18.0 Å². The van der Waals surface area contributed by atoms with Crippen molar-refractivity contribution in [3.63, 3.8) is 0 Å². The Hall–Kier alpha value is -2.37. The lowest BCUT2D eigenvalue weighted by Crippen LogP contribution is -2.35. The van der Waals surface area contributed by atoms with Crippen molar-refractivity contribution in [2.45, 2.75) is 32.4 Å². The van der Waals surface area contributed by atoms with Gasteiger partial charge in [-0.15, -0.1) is 0 Å². The Kier molecular flexibility index (Phi) is 4.34. The molecule has 106 valence electrons. The zero-order valence-electron chi connectivity index (χ0n) is 11.1. The van der Waals surface area contributed by atoms with Gasteiger partial charge >= 0.3 is 5.97 Å². The first-order chi connectivity index (χ1) is 9.61. The first-order valence-corrected chi connectivity index (χ1v) is 6.42. The number of benzene rings is 1. The third-order valence-corrected chi connectivity index (χ3v) is 3.16. The number of oxime groups is 1. The normalized spacial score (nSPS) is 17.2. The first-order valence-electron chi connectivity index (χ1n) is 6.42. The molecule has 2 rings (SSSR count). The molecular weight excluding hydrogens is 260 g/mol. The molecule has 2 N–H and O–H groups in total. The molecule has 0 bridgehead atoms. The van der Waals surface area contributed by atoms with Crippen LogP contribution in [0.1, 0.15) is 24.5 Å². The van der Waals surface area contributed by atoms with Crippen molar-refractivity contribution in [2.24, 2.45) is 5.16 Å². The summed E-state index contributed by atoms with van der Waals surface area (Å²) in [6.07, 6.45) is 0.0318. The SMILES string of the molecule is CCc1ccccc1CNC(=O)C1CC(C(=O)O)=NO1. The maximum absolute atomic E-state index is 11.9. The topological polar surface area (TPSA) is 88.0 Å². The molecule has 1 atom stereocenters. The summed E-state index contributed by atoms with van der Waals surface area (Å²) in [5.41, 5.74) is 2.09. The minimum Gasteiger partial charge on any atom is -0.477 e. The molecular formula is C14H16N2O4. The number of carboxylic acids is 1. The maximum Gasteiger partial charge on any atom is 0.353 e. The van der Waals surface area contributed by atoms with Crippen LogP contribution < -0.4 is 5.32 Å². The fraction of sp³-hybridized carbons (Fsp3) is 0.357. The number of hydrogen-bond donors (Lipinski definition) is 2. The van der Waals surface area contributed by atoms with Gasteiger partial charge in [0.15, 0.2) is 5.71 Å². The fourth-order valence-electron chi connectivity index (χ4n) is 2.02. The number of carboxylic acid groups (broad SMARTS) is 1. The molecule has 0 fully saturated rings. The highest BCUT2D eigenvalue weighted by molar-refractivity contribution is 6.36. The molecule has 0 saturated heterocycles. The Morgan fingerprint density at radius 1 is 1.40 bits per heavy atom. The standard InChI is InChI=1S/C14H16N2O4/c1-2-9-5-3-4-6-10(9)8-15-13(17)12-7-11(14(18)19)16-20-12/h3-6,12H,2,7-8H2,1H3,(H,15,17)(H,18,19). The summed E-state index contributed by atoms with van der Waals surface area (Å²) in [5, 5.41) is 14.9. The second-order valence-corrected chi connectivity index (χ2v) is 4.48. The zero-order chi connectivity index (χ0) is 14.5. The van der Waals surface area contributed by atoms with E-state index in [1.807, 2.05) is 31.2 Å². The number of amides is 1.